The highest BCUT2D eigenvalue weighted by atomic mass is 19.1. The van der Waals surface area contributed by atoms with E-state index in [0.717, 1.165) is 22.6 Å². The number of para-hydroxylation sites is 2. The van der Waals surface area contributed by atoms with Crippen LogP contribution in [0.3, 0.4) is 0 Å². The zero-order valence-corrected chi connectivity index (χ0v) is 15.9. The third-order valence-corrected chi connectivity index (χ3v) is 4.80. The van der Waals surface area contributed by atoms with Gasteiger partial charge in [0.25, 0.3) is 0 Å². The van der Waals surface area contributed by atoms with Crippen molar-refractivity contribution >= 4 is 16.9 Å². The Morgan fingerprint density at radius 3 is 2.62 bits per heavy atom. The topological polar surface area (TPSA) is 59.8 Å². The third kappa shape index (κ3) is 4.48. The number of benzene rings is 2. The maximum atomic E-state index is 14.1. The molecule has 0 saturated carbocycles. The van der Waals surface area contributed by atoms with Gasteiger partial charge in [0.15, 0.2) is 0 Å². The number of amides is 1. The van der Waals surface area contributed by atoms with Crippen LogP contribution in [0.2, 0.25) is 0 Å². The summed E-state index contributed by atoms with van der Waals surface area (Å²) in [5.41, 5.74) is 3.18. The Morgan fingerprint density at radius 2 is 1.79 bits per heavy atom. The minimum Gasteiger partial charge on any atom is -0.350 e. The molecular formula is C23H21FN4O. The quantitative estimate of drug-likeness (QED) is 0.523. The Hall–Kier alpha value is -3.54. The first-order chi connectivity index (χ1) is 14.2. The van der Waals surface area contributed by atoms with Gasteiger partial charge in [0.05, 0.1) is 23.3 Å². The number of aromatic nitrogens is 3. The molecule has 0 radical (unpaired) electrons. The molecule has 0 unspecified atom stereocenters. The van der Waals surface area contributed by atoms with Crippen LogP contribution >= 0.6 is 0 Å². The van der Waals surface area contributed by atoms with Crippen molar-refractivity contribution in [2.24, 2.45) is 0 Å². The lowest BCUT2D eigenvalue weighted by molar-refractivity contribution is -0.121. The number of carbonyl (C=O) groups excluding carboxylic acids is 1. The molecule has 0 aliphatic rings. The van der Waals surface area contributed by atoms with E-state index in [1.807, 2.05) is 53.1 Å². The van der Waals surface area contributed by atoms with E-state index in [0.29, 0.717) is 31.5 Å². The molecule has 4 rings (SSSR count). The van der Waals surface area contributed by atoms with E-state index < -0.39 is 0 Å². The Labute approximate surface area is 168 Å². The number of nitrogens with zero attached hydrogens (tertiary/aromatic N) is 3. The Kier molecular flexibility index (Phi) is 5.61. The van der Waals surface area contributed by atoms with Crippen LogP contribution < -0.4 is 5.32 Å². The number of aryl methyl sites for hydroxylation is 1. The van der Waals surface area contributed by atoms with Gasteiger partial charge in [0.1, 0.15) is 11.6 Å². The molecule has 0 atom stereocenters. The number of nitrogens with one attached hydrogen (secondary N) is 1. The van der Waals surface area contributed by atoms with Gasteiger partial charge in [0.2, 0.25) is 5.91 Å². The first-order valence-corrected chi connectivity index (χ1v) is 9.55. The van der Waals surface area contributed by atoms with Crippen LogP contribution in [0.5, 0.6) is 0 Å². The van der Waals surface area contributed by atoms with E-state index in [2.05, 4.69) is 15.3 Å². The van der Waals surface area contributed by atoms with E-state index in [4.69, 9.17) is 0 Å². The standard InChI is InChI=1S/C23H21FN4O/c24-19-9-2-1-7-17(19)15-22-27-20-10-3-4-11-21(20)28(22)14-12-23(29)26-16-18-8-5-6-13-25-18/h1-11,13H,12,14-16H2,(H,26,29). The van der Waals surface area contributed by atoms with Gasteiger partial charge in [-0.05, 0) is 35.9 Å². The predicted molar refractivity (Wildman–Crippen MR) is 110 cm³/mol. The highest BCUT2D eigenvalue weighted by molar-refractivity contribution is 5.78. The van der Waals surface area contributed by atoms with Crippen molar-refractivity contribution in [3.63, 3.8) is 0 Å². The fraction of sp³-hybridized carbons (Fsp3) is 0.174. The predicted octanol–water partition coefficient (Wildman–Crippen LogP) is 3.87. The largest absolute Gasteiger partial charge is 0.350 e. The van der Waals surface area contributed by atoms with E-state index >= 15 is 0 Å². The lowest BCUT2D eigenvalue weighted by atomic mass is 10.1. The summed E-state index contributed by atoms with van der Waals surface area (Å²) >= 11 is 0. The molecule has 5 nitrogen and oxygen atoms in total. The van der Waals surface area contributed by atoms with Crippen molar-refractivity contribution in [3.8, 4) is 0 Å². The fourth-order valence-corrected chi connectivity index (χ4v) is 3.32. The molecule has 2 aromatic carbocycles. The van der Waals surface area contributed by atoms with Gasteiger partial charge in [0, 0.05) is 25.6 Å². The van der Waals surface area contributed by atoms with Crippen molar-refractivity contribution in [1.29, 1.82) is 0 Å². The lowest BCUT2D eigenvalue weighted by Crippen LogP contribution is -2.24. The number of fused-ring (bicyclic) bond motifs is 1. The molecule has 1 amide bonds. The molecule has 4 aromatic rings. The molecule has 1 N–H and O–H groups in total. The molecule has 0 spiro atoms. The highest BCUT2D eigenvalue weighted by Gasteiger charge is 2.14. The molecule has 0 aliphatic carbocycles. The monoisotopic (exact) mass is 388 g/mol. The minimum atomic E-state index is -0.251. The fourth-order valence-electron chi connectivity index (χ4n) is 3.32. The Morgan fingerprint density at radius 1 is 1.00 bits per heavy atom. The molecule has 29 heavy (non-hydrogen) atoms. The van der Waals surface area contributed by atoms with Gasteiger partial charge in [-0.15, -0.1) is 0 Å². The van der Waals surface area contributed by atoms with Gasteiger partial charge in [-0.1, -0.05) is 36.4 Å². The molecule has 0 fully saturated rings. The first-order valence-electron chi connectivity index (χ1n) is 9.55. The summed E-state index contributed by atoms with van der Waals surface area (Å²) in [6.07, 6.45) is 2.38. The average molecular weight is 388 g/mol. The number of imidazole rings is 1. The molecule has 2 heterocycles. The molecule has 146 valence electrons. The lowest BCUT2D eigenvalue weighted by Gasteiger charge is -2.10. The van der Waals surface area contributed by atoms with Crippen molar-refractivity contribution in [3.05, 3.63) is 95.8 Å². The maximum absolute atomic E-state index is 14.1. The molecule has 6 heteroatoms. The Balaban J connectivity index is 1.50. The molecule has 0 aliphatic heterocycles. The summed E-state index contributed by atoms with van der Waals surface area (Å²) in [5.74, 6) is 0.429. The zero-order valence-electron chi connectivity index (χ0n) is 15.9. The van der Waals surface area contributed by atoms with E-state index in [-0.39, 0.29) is 11.7 Å². The number of halogens is 1. The maximum Gasteiger partial charge on any atom is 0.222 e. The van der Waals surface area contributed by atoms with Gasteiger partial charge in [-0.2, -0.15) is 0 Å². The summed E-state index contributed by atoms with van der Waals surface area (Å²) < 4.78 is 16.1. The normalized spacial score (nSPS) is 10.9. The average Bonchev–Trinajstić information content (AvgIpc) is 3.10. The van der Waals surface area contributed by atoms with Crippen LogP contribution in [0, 0.1) is 5.82 Å². The summed E-state index contributed by atoms with van der Waals surface area (Å²) in [6.45, 7) is 0.866. The molecular weight excluding hydrogens is 367 g/mol. The van der Waals surface area contributed by atoms with Crippen LogP contribution in [0.1, 0.15) is 23.5 Å². The van der Waals surface area contributed by atoms with E-state index in [1.54, 1.807) is 18.3 Å². The van der Waals surface area contributed by atoms with Crippen molar-refractivity contribution in [2.75, 3.05) is 0 Å². The van der Waals surface area contributed by atoms with E-state index in [1.165, 1.54) is 6.07 Å². The summed E-state index contributed by atoms with van der Waals surface area (Å²) in [5, 5.41) is 2.89. The molecule has 0 bridgehead atoms. The SMILES string of the molecule is O=C(CCn1c(Cc2ccccc2F)nc2ccccc21)NCc1ccccn1. The highest BCUT2D eigenvalue weighted by Crippen LogP contribution is 2.20. The van der Waals surface area contributed by atoms with Crippen LogP contribution in [0.25, 0.3) is 11.0 Å². The van der Waals surface area contributed by atoms with Crippen molar-refractivity contribution in [2.45, 2.75) is 25.9 Å². The number of rotatable bonds is 7. The molecule has 0 saturated heterocycles. The molecule has 2 aromatic heterocycles. The first kappa shape index (κ1) is 18.8. The van der Waals surface area contributed by atoms with E-state index in [9.17, 15) is 9.18 Å². The summed E-state index contributed by atoms with van der Waals surface area (Å²) in [7, 11) is 0. The van der Waals surface area contributed by atoms with Crippen LogP contribution in [0.4, 0.5) is 4.39 Å². The number of hydrogen-bond donors (Lipinski definition) is 1. The van der Waals surface area contributed by atoms with Crippen LogP contribution in [-0.4, -0.2) is 20.4 Å². The second kappa shape index (κ2) is 8.65. The summed E-state index contributed by atoms with van der Waals surface area (Å²) in [4.78, 5) is 21.2. The zero-order chi connectivity index (χ0) is 20.1. The second-order valence-corrected chi connectivity index (χ2v) is 6.78. The number of carbonyl (C=O) groups is 1. The second-order valence-electron chi connectivity index (χ2n) is 6.78. The van der Waals surface area contributed by atoms with Crippen molar-refractivity contribution in [1.82, 2.24) is 19.9 Å². The minimum absolute atomic E-state index is 0.0646. The number of hydrogen-bond acceptors (Lipinski definition) is 3. The van der Waals surface area contributed by atoms with Gasteiger partial charge < -0.3 is 9.88 Å². The Bertz CT molecular complexity index is 1120. The van der Waals surface area contributed by atoms with Gasteiger partial charge in [-0.3, -0.25) is 9.78 Å². The smallest absolute Gasteiger partial charge is 0.222 e. The van der Waals surface area contributed by atoms with Crippen LogP contribution in [-0.2, 0) is 24.3 Å². The number of pyridine rings is 1. The summed E-state index contributed by atoms with van der Waals surface area (Å²) in [6, 6.07) is 20.1. The third-order valence-electron chi connectivity index (χ3n) is 4.80. The van der Waals surface area contributed by atoms with Crippen LogP contribution in [0.15, 0.2) is 72.9 Å². The van der Waals surface area contributed by atoms with Gasteiger partial charge in [-0.25, -0.2) is 9.37 Å². The van der Waals surface area contributed by atoms with Gasteiger partial charge >= 0.3 is 0 Å². The van der Waals surface area contributed by atoms with Crippen molar-refractivity contribution < 1.29 is 9.18 Å².